The van der Waals surface area contributed by atoms with Gasteiger partial charge in [-0.15, -0.1) is 14.9 Å². The number of hydrogen-bond donors (Lipinski definition) is 0. The number of fused-ring (bicyclic) bond motifs is 12. The molecule has 8 nitrogen and oxygen atoms in total. The Kier molecular flexibility index (Phi) is 2.90. The molecule has 0 radical (unpaired) electrons. The predicted octanol–water partition coefficient (Wildman–Crippen LogP) is 2.95. The summed E-state index contributed by atoms with van der Waals surface area (Å²) < 4.78 is 7.12. The van der Waals surface area contributed by atoms with E-state index in [9.17, 15) is 0 Å². The summed E-state index contributed by atoms with van der Waals surface area (Å²) in [6.07, 6.45) is -0.430. The monoisotopic (exact) mass is 526 g/mol. The second-order valence-electron chi connectivity index (χ2n) is 11.4. The Balaban J connectivity index is 1.39. The smallest absolute Gasteiger partial charge is 0.198 e. The van der Waals surface area contributed by atoms with Crippen LogP contribution in [-0.4, -0.2) is 42.0 Å². The minimum atomic E-state index is -0.849. The van der Waals surface area contributed by atoms with Gasteiger partial charge in [-0.05, 0) is 36.4 Å². The van der Waals surface area contributed by atoms with Crippen molar-refractivity contribution < 1.29 is 9.15 Å². The zero-order valence-electron chi connectivity index (χ0n) is 21.5. The first-order chi connectivity index (χ1) is 20.4. The highest BCUT2D eigenvalue weighted by atomic mass is 15.7. The first-order valence-corrected chi connectivity index (χ1v) is 14.0. The van der Waals surface area contributed by atoms with Gasteiger partial charge in [-0.25, -0.2) is 0 Å². The topological polar surface area (TPSA) is 63.6 Å². The Morgan fingerprint density at radius 1 is 0.537 bits per heavy atom. The largest absolute Gasteiger partial charge is 0.380 e. The lowest BCUT2D eigenvalue weighted by Crippen LogP contribution is -2.76. The minimum Gasteiger partial charge on any atom is -0.198 e. The average Bonchev–Trinajstić information content (AvgIpc) is 3.74. The van der Waals surface area contributed by atoms with E-state index in [0.29, 0.717) is 0 Å². The van der Waals surface area contributed by atoms with Crippen molar-refractivity contribution in [1.29, 1.82) is 0 Å². The van der Waals surface area contributed by atoms with Gasteiger partial charge in [0.05, 0.1) is 22.3 Å². The zero-order valence-corrected chi connectivity index (χ0v) is 21.5. The molecule has 5 aromatic rings. The van der Waals surface area contributed by atoms with Gasteiger partial charge in [-0.2, -0.15) is 13.7 Å². The third kappa shape index (κ3) is 1.82. The van der Waals surface area contributed by atoms with Crippen molar-refractivity contribution in [3.63, 3.8) is 0 Å². The van der Waals surface area contributed by atoms with Gasteiger partial charge < -0.3 is 0 Å². The molecule has 8 heterocycles. The number of hydrogen-bond acceptors (Lipinski definition) is 5. The molecule has 188 valence electrons. The lowest BCUT2D eigenvalue weighted by molar-refractivity contribution is -0.824. The molecular weight excluding hydrogens is 508 g/mol. The van der Waals surface area contributed by atoms with Gasteiger partial charge in [-0.1, -0.05) is 70.6 Å². The highest BCUT2D eigenvalue weighted by Gasteiger charge is 2.75. The maximum Gasteiger partial charge on any atom is 0.380 e. The lowest BCUT2D eigenvalue weighted by atomic mass is 10.1. The van der Waals surface area contributed by atoms with Crippen LogP contribution >= 0.6 is 0 Å². The van der Waals surface area contributed by atoms with E-state index in [1.54, 1.807) is 0 Å². The normalized spacial score (nSPS) is 26.0. The predicted molar refractivity (Wildman–Crippen MR) is 151 cm³/mol. The summed E-state index contributed by atoms with van der Waals surface area (Å²) in [5.41, 5.74) is 8.70. The summed E-state index contributed by atoms with van der Waals surface area (Å²) in [6.45, 7) is 0. The van der Waals surface area contributed by atoms with E-state index >= 15 is 0 Å². The first-order valence-electron chi connectivity index (χ1n) is 14.0. The summed E-state index contributed by atoms with van der Waals surface area (Å²) in [5.74, 6) is 2.90. The van der Waals surface area contributed by atoms with Crippen molar-refractivity contribution in [3.8, 4) is 0 Å². The highest BCUT2D eigenvalue weighted by molar-refractivity contribution is 6.17. The van der Waals surface area contributed by atoms with Crippen molar-refractivity contribution in [3.05, 3.63) is 141 Å². The summed E-state index contributed by atoms with van der Waals surface area (Å²) in [6, 6.07) is 34.4. The van der Waals surface area contributed by atoms with Crippen LogP contribution in [0.5, 0.6) is 0 Å². The fourth-order valence-electron chi connectivity index (χ4n) is 8.28. The molecule has 2 unspecified atom stereocenters. The van der Waals surface area contributed by atoms with Gasteiger partial charge in [0.25, 0.3) is 23.3 Å². The zero-order chi connectivity index (χ0) is 26.2. The molecule has 1 spiro atoms. The van der Waals surface area contributed by atoms with Crippen LogP contribution in [0, 0.1) is 0 Å². The number of rotatable bonds is 0. The van der Waals surface area contributed by atoms with E-state index < -0.39 is 5.91 Å². The van der Waals surface area contributed by atoms with Gasteiger partial charge in [0.1, 0.15) is 0 Å². The Morgan fingerprint density at radius 2 is 0.976 bits per heavy atom. The van der Waals surface area contributed by atoms with Crippen LogP contribution in [0.15, 0.2) is 117 Å². The van der Waals surface area contributed by atoms with Gasteiger partial charge in [-0.3, -0.25) is 0 Å². The summed E-state index contributed by atoms with van der Waals surface area (Å²) >= 11 is 0. The standard InChI is InChI=1S/C33H18N8/c1-2-10-18-17(9-1)25-34-27-19-11-3-4-12-20(19)29-36-31-23-15-7-8-16-24(23)32-37-30-22-14-6-5-13-21(22)28-35-26(18)38(25)33(39(27)29,40(28)30)41(31)32/h1-16,25-26H/q+2. The molecule has 0 bridgehead atoms. The molecule has 7 aliphatic rings. The number of aromatic nitrogens is 1. The Hall–Kier alpha value is -5.34. The van der Waals surface area contributed by atoms with Crippen LogP contribution in [0.2, 0.25) is 0 Å². The van der Waals surface area contributed by atoms with E-state index in [1.807, 2.05) is 0 Å². The molecule has 0 N–H and O–H groups in total. The van der Waals surface area contributed by atoms with Crippen LogP contribution in [0.1, 0.15) is 45.7 Å². The fourth-order valence-corrected chi connectivity index (χ4v) is 8.28. The Morgan fingerprint density at radius 3 is 1.49 bits per heavy atom. The molecule has 41 heavy (non-hydrogen) atoms. The molecule has 7 aliphatic heterocycles. The van der Waals surface area contributed by atoms with E-state index in [1.165, 1.54) is 11.1 Å². The molecule has 0 aliphatic carbocycles. The summed E-state index contributed by atoms with van der Waals surface area (Å²) in [7, 11) is 0. The van der Waals surface area contributed by atoms with Crippen LogP contribution in [0.25, 0.3) is 10.8 Å². The van der Waals surface area contributed by atoms with Crippen LogP contribution in [-0.2, 0) is 5.91 Å². The average molecular weight is 527 g/mol. The Labute approximate surface area is 232 Å². The number of nitrogens with zero attached hydrogens (tertiary/aromatic N) is 8. The molecule has 4 aromatic carbocycles. The maximum atomic E-state index is 5.52. The number of benzene rings is 4. The van der Waals surface area contributed by atoms with E-state index in [-0.39, 0.29) is 12.3 Å². The van der Waals surface area contributed by atoms with E-state index in [0.717, 1.165) is 67.3 Å². The van der Waals surface area contributed by atoms with Crippen molar-refractivity contribution in [2.24, 2.45) is 20.0 Å². The van der Waals surface area contributed by atoms with Crippen LogP contribution in [0.3, 0.4) is 0 Å². The molecule has 0 amide bonds. The second kappa shape index (κ2) is 6.04. The molecule has 8 heteroatoms. The fraction of sp³-hybridized carbons (Fsp3) is 0.0909. The molecule has 1 aromatic heterocycles. The molecule has 0 saturated heterocycles. The summed E-state index contributed by atoms with van der Waals surface area (Å²) in [5, 5.41) is 2.20. The van der Waals surface area contributed by atoms with Crippen LogP contribution < -0.4 is 11.0 Å². The highest BCUT2D eigenvalue weighted by Crippen LogP contribution is 2.57. The first kappa shape index (κ1) is 19.7. The van der Waals surface area contributed by atoms with Gasteiger partial charge in [0, 0.05) is 21.9 Å². The van der Waals surface area contributed by atoms with Crippen LogP contribution in [0.4, 0.5) is 0 Å². The second-order valence-corrected chi connectivity index (χ2v) is 11.4. The number of aliphatic imine (C=N–C) groups is 2. The number of amidine groups is 4. The van der Waals surface area contributed by atoms with Crippen molar-refractivity contribution in [1.82, 2.24) is 9.47 Å². The molecule has 12 rings (SSSR count). The molecule has 0 fully saturated rings. The lowest BCUT2D eigenvalue weighted by Gasteiger charge is -2.47. The maximum absolute atomic E-state index is 5.52. The minimum absolute atomic E-state index is 0.215. The van der Waals surface area contributed by atoms with Gasteiger partial charge in [0.2, 0.25) is 23.3 Å². The Bertz CT molecular complexity index is 2290. The van der Waals surface area contributed by atoms with E-state index in [4.69, 9.17) is 20.0 Å². The molecule has 2 atom stereocenters. The van der Waals surface area contributed by atoms with Crippen molar-refractivity contribution >= 4 is 34.1 Å². The quantitative estimate of drug-likeness (QED) is 0.286. The summed E-state index contributed by atoms with van der Waals surface area (Å²) in [4.78, 5) is 24.4. The third-order valence-corrected chi connectivity index (χ3v) is 9.74. The van der Waals surface area contributed by atoms with Gasteiger partial charge in [0.15, 0.2) is 0 Å². The van der Waals surface area contributed by atoms with Crippen molar-refractivity contribution in [2.45, 2.75) is 18.2 Å². The SMILES string of the molecule is c1ccc2c(c1)C1=NC3c4ccccc4C4N=C5c6ccccc6C6=[N+]5C5(N34)n3c(c4ccccc4c3=N6)=NC2=[N+]15. The van der Waals surface area contributed by atoms with E-state index in [2.05, 4.69) is 116 Å². The molecular formula is C33H18N8+2. The van der Waals surface area contributed by atoms with Crippen molar-refractivity contribution in [2.75, 3.05) is 0 Å². The molecule has 0 saturated carbocycles. The van der Waals surface area contributed by atoms with Gasteiger partial charge >= 0.3 is 5.91 Å². The third-order valence-electron chi connectivity index (χ3n) is 9.74.